The van der Waals surface area contributed by atoms with E-state index in [4.69, 9.17) is 0 Å². The molecule has 0 amide bonds. The van der Waals surface area contributed by atoms with Crippen molar-refractivity contribution in [3.05, 3.63) is 27.5 Å². The second kappa shape index (κ2) is 3.91. The van der Waals surface area contributed by atoms with Crippen LogP contribution in [-0.4, -0.2) is 5.87 Å². The molecule has 0 aliphatic carbocycles. The molecule has 0 aromatic carbocycles. The Labute approximate surface area is 87.0 Å². The molecule has 3 heteroatoms. The number of hydrogen-bond acceptors (Lipinski definition) is 3. The molecule has 2 rings (SSSR count). The summed E-state index contributed by atoms with van der Waals surface area (Å²) in [6.07, 6.45) is 2.74. The Bertz CT molecular complexity index is 504. The molecule has 1 aliphatic rings. The van der Waals surface area contributed by atoms with Gasteiger partial charge in [0, 0.05) is 11.1 Å². The molecule has 0 fully saturated rings. The van der Waals surface area contributed by atoms with Gasteiger partial charge in [0.25, 0.3) is 0 Å². The van der Waals surface area contributed by atoms with Crippen LogP contribution in [0.3, 0.4) is 0 Å². The zero-order chi connectivity index (χ0) is 9.97. The third kappa shape index (κ3) is 1.57. The van der Waals surface area contributed by atoms with Crippen LogP contribution in [0.15, 0.2) is 27.6 Å². The third-order valence-electron chi connectivity index (χ3n) is 2.42. The third-order valence-corrected chi connectivity index (χ3v) is 3.25. The van der Waals surface area contributed by atoms with E-state index in [0.717, 1.165) is 16.8 Å². The van der Waals surface area contributed by atoms with E-state index in [2.05, 4.69) is 41.1 Å². The van der Waals surface area contributed by atoms with Gasteiger partial charge < -0.3 is 0 Å². The van der Waals surface area contributed by atoms with E-state index in [1.54, 1.807) is 17.5 Å². The number of hydrogen-bond donors (Lipinski definition) is 0. The van der Waals surface area contributed by atoms with Crippen LogP contribution in [0.1, 0.15) is 20.3 Å². The van der Waals surface area contributed by atoms with E-state index >= 15 is 0 Å². The number of rotatable bonds is 2. The number of nitrogens with zero attached hydrogens (tertiary/aromatic N) is 2. The highest BCUT2D eigenvalue weighted by molar-refractivity contribution is 7.07. The highest BCUT2D eigenvalue weighted by Crippen LogP contribution is 2.14. The molecule has 0 spiro atoms. The lowest BCUT2D eigenvalue weighted by Gasteiger charge is -2.06. The number of aliphatic imine (C=N–C) groups is 1. The maximum absolute atomic E-state index is 4.33. The maximum Gasteiger partial charge on any atom is 0.125 e. The lowest BCUT2D eigenvalue weighted by Crippen LogP contribution is -2.22. The molecule has 0 saturated carbocycles. The first-order valence-corrected chi connectivity index (χ1v) is 5.64. The molecule has 1 aromatic rings. The number of fused-ring (bicyclic) bond motifs is 1. The minimum absolute atomic E-state index is 0.470. The van der Waals surface area contributed by atoms with Crippen molar-refractivity contribution in [2.75, 3.05) is 0 Å². The summed E-state index contributed by atoms with van der Waals surface area (Å²) in [4.78, 5) is 8.61. The van der Waals surface area contributed by atoms with E-state index in [9.17, 15) is 0 Å². The van der Waals surface area contributed by atoms with E-state index in [1.165, 1.54) is 5.22 Å². The van der Waals surface area contributed by atoms with Crippen LogP contribution in [0.2, 0.25) is 0 Å². The summed E-state index contributed by atoms with van der Waals surface area (Å²) < 4.78 is 1.05. The summed E-state index contributed by atoms with van der Waals surface area (Å²) in [5.74, 6) is 3.32. The first-order chi connectivity index (χ1) is 6.83. The molecule has 1 aliphatic heterocycles. The Morgan fingerprint density at radius 3 is 3.21 bits per heavy atom. The summed E-state index contributed by atoms with van der Waals surface area (Å²) in [7, 11) is 0. The van der Waals surface area contributed by atoms with Crippen molar-refractivity contribution in [2.45, 2.75) is 20.3 Å². The van der Waals surface area contributed by atoms with Crippen LogP contribution in [0, 0.1) is 5.92 Å². The molecule has 2 heterocycles. The van der Waals surface area contributed by atoms with Crippen molar-refractivity contribution in [3.8, 4) is 0 Å². The van der Waals surface area contributed by atoms with Crippen LogP contribution in [0.4, 0.5) is 0 Å². The second-order valence-corrected chi connectivity index (χ2v) is 4.23. The lowest BCUT2D eigenvalue weighted by molar-refractivity contribution is 0.705. The van der Waals surface area contributed by atoms with E-state index in [0.29, 0.717) is 5.92 Å². The van der Waals surface area contributed by atoms with Gasteiger partial charge in [-0.25, -0.2) is 9.98 Å². The Kier molecular flexibility index (Phi) is 2.62. The first kappa shape index (κ1) is 9.38. The number of thiophene rings is 1. The summed E-state index contributed by atoms with van der Waals surface area (Å²) in [5, 5.41) is 3.23. The van der Waals surface area contributed by atoms with Gasteiger partial charge in [0.2, 0.25) is 0 Å². The lowest BCUT2D eigenvalue weighted by atomic mass is 10.0. The van der Waals surface area contributed by atoms with Crippen LogP contribution >= 0.6 is 11.3 Å². The molecule has 2 nitrogen and oxygen atoms in total. The van der Waals surface area contributed by atoms with Gasteiger partial charge in [-0.05, 0) is 23.8 Å². The molecule has 0 saturated heterocycles. The SMILES string of the molecule is CCC(C)C1=c2ccsc2=NC=C=N1. The van der Waals surface area contributed by atoms with E-state index in [1.807, 2.05) is 0 Å². The fourth-order valence-electron chi connectivity index (χ4n) is 1.41. The van der Waals surface area contributed by atoms with Crippen LogP contribution in [-0.2, 0) is 0 Å². The fraction of sp³-hybridized carbons (Fsp3) is 0.364. The molecular formula is C11H12N2S. The maximum atomic E-state index is 4.33. The molecule has 1 unspecified atom stereocenters. The van der Waals surface area contributed by atoms with Crippen molar-refractivity contribution < 1.29 is 0 Å². The van der Waals surface area contributed by atoms with Crippen molar-refractivity contribution >= 4 is 22.9 Å². The van der Waals surface area contributed by atoms with Gasteiger partial charge >= 0.3 is 0 Å². The Hall–Kier alpha value is -1.18. The average molecular weight is 204 g/mol. The minimum Gasteiger partial charge on any atom is -0.235 e. The van der Waals surface area contributed by atoms with Gasteiger partial charge in [0.15, 0.2) is 0 Å². The molecular weight excluding hydrogens is 192 g/mol. The molecule has 72 valence electrons. The standard InChI is InChI=1S/C11H12N2S/c1-3-8(2)10-9-4-7-14-11(9)13-6-5-12-10/h4,6-8H,3H2,1-2H3. The summed E-state index contributed by atoms with van der Waals surface area (Å²) in [6, 6.07) is 2.09. The van der Waals surface area contributed by atoms with Crippen molar-refractivity contribution in [2.24, 2.45) is 15.9 Å². The van der Waals surface area contributed by atoms with Gasteiger partial charge in [0.05, 0.1) is 11.9 Å². The highest BCUT2D eigenvalue weighted by atomic mass is 32.1. The second-order valence-electron chi connectivity index (χ2n) is 3.33. The van der Waals surface area contributed by atoms with Gasteiger partial charge in [-0.3, -0.25) is 0 Å². The molecule has 0 bridgehead atoms. The van der Waals surface area contributed by atoms with Gasteiger partial charge in [-0.15, -0.1) is 11.3 Å². The quantitative estimate of drug-likeness (QED) is 0.701. The van der Waals surface area contributed by atoms with E-state index in [-0.39, 0.29) is 0 Å². The Morgan fingerprint density at radius 1 is 1.57 bits per heavy atom. The molecule has 1 atom stereocenters. The van der Waals surface area contributed by atoms with Crippen LogP contribution < -0.4 is 9.89 Å². The zero-order valence-corrected chi connectivity index (χ0v) is 9.14. The normalized spacial score (nSPS) is 16.0. The monoisotopic (exact) mass is 204 g/mol. The van der Waals surface area contributed by atoms with Crippen molar-refractivity contribution in [1.82, 2.24) is 0 Å². The highest BCUT2D eigenvalue weighted by Gasteiger charge is 2.08. The Balaban J connectivity index is 2.73. The van der Waals surface area contributed by atoms with Crippen molar-refractivity contribution in [3.63, 3.8) is 0 Å². The van der Waals surface area contributed by atoms with E-state index < -0.39 is 0 Å². The van der Waals surface area contributed by atoms with Crippen LogP contribution in [0.5, 0.6) is 0 Å². The first-order valence-electron chi connectivity index (χ1n) is 4.76. The van der Waals surface area contributed by atoms with Crippen molar-refractivity contribution in [1.29, 1.82) is 0 Å². The molecule has 14 heavy (non-hydrogen) atoms. The average Bonchev–Trinajstić information content (AvgIpc) is 2.57. The molecule has 1 aromatic heterocycles. The summed E-state index contributed by atoms with van der Waals surface area (Å²) >= 11 is 1.65. The minimum atomic E-state index is 0.470. The Morgan fingerprint density at radius 2 is 2.43 bits per heavy atom. The summed E-state index contributed by atoms with van der Waals surface area (Å²) in [6.45, 7) is 4.36. The van der Waals surface area contributed by atoms with Gasteiger partial charge in [0.1, 0.15) is 4.67 Å². The molecule has 0 radical (unpaired) electrons. The van der Waals surface area contributed by atoms with Crippen LogP contribution in [0.25, 0.3) is 5.70 Å². The predicted molar refractivity (Wildman–Crippen MR) is 60.0 cm³/mol. The predicted octanol–water partition coefficient (Wildman–Crippen LogP) is 1.72. The van der Waals surface area contributed by atoms with Gasteiger partial charge in [-0.1, -0.05) is 13.8 Å². The molecule has 0 N–H and O–H groups in total. The largest absolute Gasteiger partial charge is 0.235 e. The topological polar surface area (TPSA) is 24.7 Å². The zero-order valence-electron chi connectivity index (χ0n) is 8.32. The fourth-order valence-corrected chi connectivity index (χ4v) is 2.16. The smallest absolute Gasteiger partial charge is 0.125 e. The van der Waals surface area contributed by atoms with Gasteiger partial charge in [-0.2, -0.15) is 0 Å². The summed E-state index contributed by atoms with van der Waals surface area (Å²) in [5.41, 5.74) is 1.11.